The molecule has 0 radical (unpaired) electrons. The van der Waals surface area contributed by atoms with E-state index in [1.54, 1.807) is 20.8 Å². The summed E-state index contributed by atoms with van der Waals surface area (Å²) in [4.78, 5) is 22.9. The number of carbonyl (C=O) groups is 2. The summed E-state index contributed by atoms with van der Waals surface area (Å²) in [6, 6.07) is -0.295. The summed E-state index contributed by atoms with van der Waals surface area (Å²) in [5, 5.41) is 13.4. The number of nitrogens with one attached hydrogen (secondary N) is 2. The SMILES string of the molecule is Cc1cc(F)c(NC(=O)NC(C(=O)O)C(C)(C)C)cc1F. The van der Waals surface area contributed by atoms with Gasteiger partial charge in [0.15, 0.2) is 0 Å². The second-order valence-electron chi connectivity index (χ2n) is 5.82. The van der Waals surface area contributed by atoms with Gasteiger partial charge in [0.2, 0.25) is 0 Å². The standard InChI is InChI=1S/C14H18F2N2O3/c1-7-5-9(16)10(6-8(7)15)17-13(21)18-11(12(19)20)14(2,3)4/h5-6,11H,1-4H3,(H,19,20)(H2,17,18,21). The zero-order valence-corrected chi connectivity index (χ0v) is 12.3. The molecule has 0 fully saturated rings. The molecule has 0 aliphatic rings. The van der Waals surface area contributed by atoms with E-state index >= 15 is 0 Å². The average molecular weight is 300 g/mol. The van der Waals surface area contributed by atoms with E-state index in [-0.39, 0.29) is 11.3 Å². The Hall–Kier alpha value is -2.18. The lowest BCUT2D eigenvalue weighted by molar-refractivity contribution is -0.141. The van der Waals surface area contributed by atoms with Gasteiger partial charge in [0.25, 0.3) is 0 Å². The van der Waals surface area contributed by atoms with Gasteiger partial charge in [0.05, 0.1) is 5.69 Å². The maximum absolute atomic E-state index is 13.6. The number of benzene rings is 1. The van der Waals surface area contributed by atoms with Gasteiger partial charge in [-0.1, -0.05) is 20.8 Å². The molecule has 7 heteroatoms. The molecule has 0 aromatic heterocycles. The molecule has 21 heavy (non-hydrogen) atoms. The molecule has 3 N–H and O–H groups in total. The first-order chi connectivity index (χ1) is 9.52. The zero-order chi connectivity index (χ0) is 16.4. The van der Waals surface area contributed by atoms with Crippen molar-refractivity contribution in [2.45, 2.75) is 33.7 Å². The molecule has 0 aliphatic carbocycles. The van der Waals surface area contributed by atoms with Crippen LogP contribution in [0.4, 0.5) is 19.3 Å². The third-order valence-corrected chi connectivity index (χ3v) is 2.88. The molecule has 0 aliphatic heterocycles. The van der Waals surface area contributed by atoms with E-state index in [1.807, 2.05) is 0 Å². The Kier molecular flexibility index (Phi) is 4.88. The Morgan fingerprint density at radius 2 is 1.76 bits per heavy atom. The quantitative estimate of drug-likeness (QED) is 0.803. The Morgan fingerprint density at radius 3 is 2.24 bits per heavy atom. The van der Waals surface area contributed by atoms with Gasteiger partial charge in [-0.2, -0.15) is 0 Å². The molecule has 0 bridgehead atoms. The molecule has 5 nitrogen and oxygen atoms in total. The van der Waals surface area contributed by atoms with Crippen LogP contribution in [0.15, 0.2) is 12.1 Å². The van der Waals surface area contributed by atoms with E-state index in [2.05, 4.69) is 10.6 Å². The van der Waals surface area contributed by atoms with E-state index in [1.165, 1.54) is 6.92 Å². The Bertz CT molecular complexity index is 568. The lowest BCUT2D eigenvalue weighted by Crippen LogP contribution is -2.50. The number of amides is 2. The molecule has 1 rings (SSSR count). The first-order valence-electron chi connectivity index (χ1n) is 6.28. The summed E-state index contributed by atoms with van der Waals surface area (Å²) < 4.78 is 27.0. The van der Waals surface area contributed by atoms with Crippen molar-refractivity contribution in [3.8, 4) is 0 Å². The van der Waals surface area contributed by atoms with Gasteiger partial charge in [0, 0.05) is 6.07 Å². The summed E-state index contributed by atoms with van der Waals surface area (Å²) in [6.45, 7) is 6.30. The predicted molar refractivity (Wildman–Crippen MR) is 74.1 cm³/mol. The Morgan fingerprint density at radius 1 is 1.19 bits per heavy atom. The first kappa shape index (κ1) is 16.9. The van der Waals surface area contributed by atoms with Gasteiger partial charge in [-0.15, -0.1) is 0 Å². The second kappa shape index (κ2) is 6.07. The summed E-state index contributed by atoms with van der Waals surface area (Å²) in [6.07, 6.45) is 0. The van der Waals surface area contributed by atoms with Gasteiger partial charge in [-0.05, 0) is 24.0 Å². The summed E-state index contributed by atoms with van der Waals surface area (Å²) in [7, 11) is 0. The molecule has 0 spiro atoms. The lowest BCUT2D eigenvalue weighted by atomic mass is 9.87. The monoisotopic (exact) mass is 300 g/mol. The minimum absolute atomic E-state index is 0.108. The average Bonchev–Trinajstić information content (AvgIpc) is 2.31. The van der Waals surface area contributed by atoms with Crippen molar-refractivity contribution in [1.29, 1.82) is 0 Å². The van der Waals surface area contributed by atoms with Gasteiger partial charge in [0.1, 0.15) is 17.7 Å². The van der Waals surface area contributed by atoms with Crippen LogP contribution in [0.5, 0.6) is 0 Å². The third kappa shape index (κ3) is 4.40. The number of halogens is 2. The zero-order valence-electron chi connectivity index (χ0n) is 12.3. The van der Waals surface area contributed by atoms with Crippen LogP contribution < -0.4 is 10.6 Å². The molecular weight excluding hydrogens is 282 g/mol. The highest BCUT2D eigenvalue weighted by molar-refractivity contribution is 5.92. The first-order valence-corrected chi connectivity index (χ1v) is 6.28. The molecule has 2 amide bonds. The van der Waals surface area contributed by atoms with Crippen LogP contribution in [0, 0.1) is 24.0 Å². The number of aryl methyl sites for hydroxylation is 1. The van der Waals surface area contributed by atoms with Crippen LogP contribution in [0.3, 0.4) is 0 Å². The smallest absolute Gasteiger partial charge is 0.326 e. The summed E-state index contributed by atoms with van der Waals surface area (Å²) in [5.74, 6) is -2.68. The van der Waals surface area contributed by atoms with Crippen molar-refractivity contribution in [2.75, 3.05) is 5.32 Å². The van der Waals surface area contributed by atoms with E-state index in [9.17, 15) is 18.4 Å². The van der Waals surface area contributed by atoms with Gasteiger partial charge < -0.3 is 15.7 Å². The van der Waals surface area contributed by atoms with E-state index in [4.69, 9.17) is 5.11 Å². The van der Waals surface area contributed by atoms with E-state index in [0.717, 1.165) is 12.1 Å². The van der Waals surface area contributed by atoms with Crippen LogP contribution in [0.1, 0.15) is 26.3 Å². The van der Waals surface area contributed by atoms with Crippen molar-refractivity contribution in [1.82, 2.24) is 5.32 Å². The molecule has 0 heterocycles. The fourth-order valence-electron chi connectivity index (χ4n) is 1.68. The minimum atomic E-state index is -1.21. The van der Waals surface area contributed by atoms with Crippen molar-refractivity contribution < 1.29 is 23.5 Å². The van der Waals surface area contributed by atoms with E-state index in [0.29, 0.717) is 0 Å². The molecule has 1 unspecified atom stereocenters. The van der Waals surface area contributed by atoms with Crippen LogP contribution >= 0.6 is 0 Å². The van der Waals surface area contributed by atoms with Crippen molar-refractivity contribution in [2.24, 2.45) is 5.41 Å². The van der Waals surface area contributed by atoms with Crippen LogP contribution in [-0.2, 0) is 4.79 Å². The summed E-state index contributed by atoms with van der Waals surface area (Å²) >= 11 is 0. The molecule has 0 saturated carbocycles. The van der Waals surface area contributed by atoms with Crippen molar-refractivity contribution in [3.63, 3.8) is 0 Å². The highest BCUT2D eigenvalue weighted by Gasteiger charge is 2.32. The predicted octanol–water partition coefficient (Wildman–Crippen LogP) is 2.89. The number of urea groups is 1. The minimum Gasteiger partial charge on any atom is -0.480 e. The van der Waals surface area contributed by atoms with Crippen molar-refractivity contribution in [3.05, 3.63) is 29.3 Å². The largest absolute Gasteiger partial charge is 0.480 e. The Labute approximate surface area is 121 Å². The third-order valence-electron chi connectivity index (χ3n) is 2.88. The van der Waals surface area contributed by atoms with Crippen LogP contribution in [0.25, 0.3) is 0 Å². The molecule has 1 aromatic carbocycles. The van der Waals surface area contributed by atoms with Crippen LogP contribution in [0.2, 0.25) is 0 Å². The van der Waals surface area contributed by atoms with E-state index < -0.39 is 35.1 Å². The van der Waals surface area contributed by atoms with Gasteiger partial charge in [-0.3, -0.25) is 0 Å². The Balaban J connectivity index is 2.87. The van der Waals surface area contributed by atoms with Gasteiger partial charge >= 0.3 is 12.0 Å². The number of hydrogen-bond acceptors (Lipinski definition) is 2. The number of anilines is 1. The summed E-state index contributed by atoms with van der Waals surface area (Å²) in [5.41, 5.74) is -0.981. The van der Waals surface area contributed by atoms with Crippen LogP contribution in [-0.4, -0.2) is 23.1 Å². The normalized spacial score (nSPS) is 12.7. The molecule has 1 atom stereocenters. The fraction of sp³-hybridized carbons (Fsp3) is 0.429. The number of carboxylic acids is 1. The maximum atomic E-state index is 13.6. The highest BCUT2D eigenvalue weighted by atomic mass is 19.1. The van der Waals surface area contributed by atoms with Gasteiger partial charge in [-0.25, -0.2) is 18.4 Å². The second-order valence-corrected chi connectivity index (χ2v) is 5.82. The van der Waals surface area contributed by atoms with Crippen molar-refractivity contribution >= 4 is 17.7 Å². The molecule has 1 aromatic rings. The maximum Gasteiger partial charge on any atom is 0.326 e. The molecule has 116 valence electrons. The number of rotatable bonds is 3. The number of aliphatic carboxylic acids is 1. The lowest BCUT2D eigenvalue weighted by Gasteiger charge is -2.27. The molecular formula is C14H18F2N2O3. The number of hydrogen-bond donors (Lipinski definition) is 3. The number of carbonyl (C=O) groups excluding carboxylic acids is 1. The number of carboxylic acid groups (broad SMARTS) is 1. The topological polar surface area (TPSA) is 78.4 Å². The fourth-order valence-corrected chi connectivity index (χ4v) is 1.68. The molecule has 0 saturated heterocycles. The highest BCUT2D eigenvalue weighted by Crippen LogP contribution is 2.21.